The van der Waals surface area contributed by atoms with Gasteiger partial charge in [0.2, 0.25) is 5.91 Å². The highest BCUT2D eigenvalue weighted by Crippen LogP contribution is 2.37. The number of hydrogen-bond acceptors (Lipinski definition) is 1. The Hall–Kier alpha value is -1.74. The number of fused-ring (bicyclic) bond motifs is 1. The molecule has 1 aromatic heterocycles. The van der Waals surface area contributed by atoms with Crippen molar-refractivity contribution in [1.82, 2.24) is 9.47 Å². The van der Waals surface area contributed by atoms with Crippen LogP contribution >= 0.6 is 11.6 Å². The summed E-state index contributed by atoms with van der Waals surface area (Å²) in [4.78, 5) is 15.6. The van der Waals surface area contributed by atoms with E-state index in [4.69, 9.17) is 11.6 Å². The second-order valence-corrected chi connectivity index (χ2v) is 7.59. The lowest BCUT2D eigenvalue weighted by atomic mass is 9.94. The summed E-state index contributed by atoms with van der Waals surface area (Å²) in [6.07, 6.45) is 7.18. The molecule has 0 spiro atoms. The van der Waals surface area contributed by atoms with Crippen molar-refractivity contribution in [3.8, 4) is 0 Å². The molecule has 0 saturated heterocycles. The number of hydrogen-bond donors (Lipinski definition) is 0. The van der Waals surface area contributed by atoms with Gasteiger partial charge in [0, 0.05) is 35.9 Å². The second kappa shape index (κ2) is 8.77. The van der Waals surface area contributed by atoms with E-state index in [9.17, 15) is 4.79 Å². The van der Waals surface area contributed by atoms with E-state index in [2.05, 4.69) is 47.7 Å². The first-order valence-corrected chi connectivity index (χ1v) is 10.2. The Morgan fingerprint density at radius 3 is 2.73 bits per heavy atom. The number of carbonyl (C=O) groups is 1. The first-order chi connectivity index (χ1) is 12.7. The van der Waals surface area contributed by atoms with Crippen molar-refractivity contribution in [3.63, 3.8) is 0 Å². The van der Waals surface area contributed by atoms with Gasteiger partial charge in [0.05, 0.1) is 6.04 Å². The van der Waals surface area contributed by atoms with Crippen LogP contribution in [0.4, 0.5) is 0 Å². The topological polar surface area (TPSA) is 25.2 Å². The summed E-state index contributed by atoms with van der Waals surface area (Å²) in [5, 5.41) is 0.728. The van der Waals surface area contributed by atoms with Gasteiger partial charge in [0.15, 0.2) is 0 Å². The van der Waals surface area contributed by atoms with Crippen molar-refractivity contribution in [2.75, 3.05) is 6.54 Å². The van der Waals surface area contributed by atoms with Crippen LogP contribution in [0, 0.1) is 5.92 Å². The van der Waals surface area contributed by atoms with Crippen LogP contribution in [-0.4, -0.2) is 21.9 Å². The van der Waals surface area contributed by atoms with Crippen molar-refractivity contribution in [2.24, 2.45) is 5.92 Å². The number of aromatic nitrogens is 1. The standard InChI is InChI=1S/C22H29ClN2O/c1-3-5-10-17(4-2)22(26)25-16-9-15-24-14-8-13-20(24)21(25)18-11-6-7-12-19(18)23/h6-8,11-14,17,21H,3-5,9-10,15-16H2,1-2H3. The zero-order valence-electron chi connectivity index (χ0n) is 15.8. The van der Waals surface area contributed by atoms with E-state index >= 15 is 0 Å². The molecule has 2 heterocycles. The van der Waals surface area contributed by atoms with Crippen molar-refractivity contribution < 1.29 is 4.79 Å². The lowest BCUT2D eigenvalue weighted by Gasteiger charge is -2.34. The molecule has 0 fully saturated rings. The third kappa shape index (κ3) is 3.83. The smallest absolute Gasteiger partial charge is 0.226 e. The molecule has 2 atom stereocenters. The Morgan fingerprint density at radius 2 is 2.00 bits per heavy atom. The highest BCUT2D eigenvalue weighted by atomic mass is 35.5. The molecule has 0 aliphatic carbocycles. The lowest BCUT2D eigenvalue weighted by Crippen LogP contribution is -2.39. The number of rotatable bonds is 6. The SMILES string of the molecule is CCCCC(CC)C(=O)N1CCCn2cccc2C1c1ccccc1Cl. The Balaban J connectivity index is 2.01. The summed E-state index contributed by atoms with van der Waals surface area (Å²) >= 11 is 6.56. The van der Waals surface area contributed by atoms with E-state index in [1.165, 1.54) is 0 Å². The van der Waals surface area contributed by atoms with Crippen molar-refractivity contribution in [3.05, 3.63) is 58.9 Å². The zero-order valence-corrected chi connectivity index (χ0v) is 16.6. The predicted octanol–water partition coefficient (Wildman–Crippen LogP) is 5.68. The first-order valence-electron chi connectivity index (χ1n) is 9.87. The fourth-order valence-corrected chi connectivity index (χ4v) is 4.27. The van der Waals surface area contributed by atoms with E-state index < -0.39 is 0 Å². The van der Waals surface area contributed by atoms with E-state index in [-0.39, 0.29) is 17.9 Å². The largest absolute Gasteiger partial charge is 0.349 e. The van der Waals surface area contributed by atoms with Crippen molar-refractivity contribution >= 4 is 17.5 Å². The minimum atomic E-state index is -0.107. The van der Waals surface area contributed by atoms with Gasteiger partial charge < -0.3 is 9.47 Å². The molecule has 1 aliphatic rings. The number of benzene rings is 1. The number of nitrogens with zero attached hydrogens (tertiary/aromatic N) is 2. The van der Waals surface area contributed by atoms with Crippen LogP contribution in [0.2, 0.25) is 5.02 Å². The van der Waals surface area contributed by atoms with Crippen LogP contribution in [-0.2, 0) is 11.3 Å². The van der Waals surface area contributed by atoms with Gasteiger partial charge in [-0.3, -0.25) is 4.79 Å². The molecule has 26 heavy (non-hydrogen) atoms. The molecule has 3 rings (SSSR count). The second-order valence-electron chi connectivity index (χ2n) is 7.18. The number of unbranched alkanes of at least 4 members (excludes halogenated alkanes) is 1. The summed E-state index contributed by atoms with van der Waals surface area (Å²) in [7, 11) is 0. The van der Waals surface area contributed by atoms with Gasteiger partial charge in [0.25, 0.3) is 0 Å². The van der Waals surface area contributed by atoms with Gasteiger partial charge in [-0.1, -0.05) is 56.5 Å². The minimum absolute atomic E-state index is 0.0986. The van der Waals surface area contributed by atoms with Crippen LogP contribution in [0.3, 0.4) is 0 Å². The Bertz CT molecular complexity index is 739. The quantitative estimate of drug-likeness (QED) is 0.640. The monoisotopic (exact) mass is 372 g/mol. The molecule has 3 nitrogen and oxygen atoms in total. The number of amides is 1. The molecular formula is C22H29ClN2O. The fraction of sp³-hybridized carbons (Fsp3) is 0.500. The predicted molar refractivity (Wildman–Crippen MR) is 107 cm³/mol. The maximum Gasteiger partial charge on any atom is 0.226 e. The molecule has 2 unspecified atom stereocenters. The van der Waals surface area contributed by atoms with Gasteiger partial charge >= 0.3 is 0 Å². The molecule has 0 bridgehead atoms. The molecule has 0 N–H and O–H groups in total. The molecule has 1 aromatic carbocycles. The Morgan fingerprint density at radius 1 is 1.19 bits per heavy atom. The molecule has 0 radical (unpaired) electrons. The number of halogens is 1. The number of carbonyl (C=O) groups excluding carboxylic acids is 1. The van der Waals surface area contributed by atoms with Gasteiger partial charge in [-0.2, -0.15) is 0 Å². The first kappa shape index (κ1) is 19.0. The van der Waals surface area contributed by atoms with Crippen LogP contribution in [0.5, 0.6) is 0 Å². The van der Waals surface area contributed by atoms with Crippen LogP contribution in [0.15, 0.2) is 42.6 Å². The van der Waals surface area contributed by atoms with E-state index in [1.807, 2.05) is 18.2 Å². The molecule has 1 amide bonds. The minimum Gasteiger partial charge on any atom is -0.349 e. The Labute approximate surface area is 162 Å². The molecule has 4 heteroatoms. The third-order valence-corrected chi connectivity index (χ3v) is 5.83. The summed E-state index contributed by atoms with van der Waals surface area (Å²) in [5.41, 5.74) is 2.18. The molecule has 2 aromatic rings. The van der Waals surface area contributed by atoms with Crippen LogP contribution in [0.25, 0.3) is 0 Å². The third-order valence-electron chi connectivity index (χ3n) is 5.49. The van der Waals surface area contributed by atoms with Crippen molar-refractivity contribution in [2.45, 2.75) is 58.5 Å². The fourth-order valence-electron chi connectivity index (χ4n) is 4.03. The number of aryl methyl sites for hydroxylation is 1. The highest BCUT2D eigenvalue weighted by Gasteiger charge is 2.34. The maximum absolute atomic E-state index is 13.5. The van der Waals surface area contributed by atoms with E-state index in [0.29, 0.717) is 0 Å². The van der Waals surface area contributed by atoms with Crippen LogP contribution < -0.4 is 0 Å². The summed E-state index contributed by atoms with van der Waals surface area (Å²) < 4.78 is 2.27. The normalized spacial score (nSPS) is 18.3. The van der Waals surface area contributed by atoms with Gasteiger partial charge in [-0.15, -0.1) is 0 Å². The van der Waals surface area contributed by atoms with Gasteiger partial charge in [-0.05, 0) is 43.0 Å². The molecule has 140 valence electrons. The van der Waals surface area contributed by atoms with Crippen LogP contribution in [0.1, 0.15) is 63.3 Å². The van der Waals surface area contributed by atoms with E-state index in [0.717, 1.165) is 61.5 Å². The van der Waals surface area contributed by atoms with Gasteiger partial charge in [-0.25, -0.2) is 0 Å². The summed E-state index contributed by atoms with van der Waals surface area (Å²) in [6.45, 7) is 6.03. The average Bonchev–Trinajstić information content (AvgIpc) is 3.03. The highest BCUT2D eigenvalue weighted by molar-refractivity contribution is 6.31. The average molecular weight is 373 g/mol. The Kier molecular flexibility index (Phi) is 6.42. The molecular weight excluding hydrogens is 344 g/mol. The summed E-state index contributed by atoms with van der Waals surface area (Å²) in [5.74, 6) is 0.377. The maximum atomic E-state index is 13.5. The summed E-state index contributed by atoms with van der Waals surface area (Å²) in [6, 6.07) is 12.0. The van der Waals surface area contributed by atoms with E-state index in [1.54, 1.807) is 0 Å². The van der Waals surface area contributed by atoms with Crippen molar-refractivity contribution in [1.29, 1.82) is 0 Å². The molecule has 0 saturated carbocycles. The lowest BCUT2D eigenvalue weighted by molar-refractivity contribution is -0.137. The zero-order chi connectivity index (χ0) is 18.5. The van der Waals surface area contributed by atoms with Gasteiger partial charge in [0.1, 0.15) is 0 Å². The molecule has 1 aliphatic heterocycles.